The number of nitro groups is 1. The number of nitrogens with zero attached hydrogens (tertiary/aromatic N) is 2. The topological polar surface area (TPSA) is 81.8 Å². The number of hydrogen-bond acceptors (Lipinski definition) is 5. The second-order valence-electron chi connectivity index (χ2n) is 5.40. The quantitative estimate of drug-likeness (QED) is 0.368. The normalized spacial score (nSPS) is 15.5. The third-order valence-corrected chi connectivity index (χ3v) is 3.55. The number of para-hydroxylation sites is 1. The van der Waals surface area contributed by atoms with Crippen LogP contribution < -0.4 is 0 Å². The van der Waals surface area contributed by atoms with E-state index in [1.807, 2.05) is 31.2 Å². The van der Waals surface area contributed by atoms with E-state index in [-0.39, 0.29) is 17.3 Å². The fourth-order valence-electron chi connectivity index (χ4n) is 2.36. The molecular weight excluding hydrogens is 320 g/mol. The maximum Gasteiger partial charge on any atom is 0.363 e. The van der Waals surface area contributed by atoms with Crippen molar-refractivity contribution in [3.63, 3.8) is 0 Å². The van der Waals surface area contributed by atoms with Crippen LogP contribution in [0.15, 0.2) is 71.4 Å². The number of carbonyl (C=O) groups is 1. The van der Waals surface area contributed by atoms with Crippen LogP contribution in [0, 0.1) is 17.0 Å². The van der Waals surface area contributed by atoms with Crippen molar-refractivity contribution in [1.29, 1.82) is 0 Å². The van der Waals surface area contributed by atoms with Gasteiger partial charge in [0.05, 0.1) is 10.5 Å². The number of cyclic esters (lactones) is 1. The van der Waals surface area contributed by atoms with Crippen molar-refractivity contribution < 1.29 is 14.5 Å². The summed E-state index contributed by atoms with van der Waals surface area (Å²) in [5.41, 5.74) is 2.34. The first kappa shape index (κ1) is 16.3. The van der Waals surface area contributed by atoms with Gasteiger partial charge in [-0.2, -0.15) is 0 Å². The van der Waals surface area contributed by atoms with Crippen LogP contribution in [0.5, 0.6) is 0 Å². The molecular formula is C19H14N2O4. The molecule has 2 aromatic carbocycles. The molecule has 0 bridgehead atoms. The molecule has 0 unspecified atom stereocenters. The molecule has 0 saturated carbocycles. The lowest BCUT2D eigenvalue weighted by Gasteiger charge is -1.99. The van der Waals surface area contributed by atoms with E-state index in [1.54, 1.807) is 30.4 Å². The third kappa shape index (κ3) is 3.69. The average Bonchev–Trinajstić information content (AvgIpc) is 2.96. The van der Waals surface area contributed by atoms with Crippen molar-refractivity contribution in [1.82, 2.24) is 0 Å². The molecule has 0 aromatic heterocycles. The van der Waals surface area contributed by atoms with Crippen LogP contribution in [-0.2, 0) is 9.53 Å². The summed E-state index contributed by atoms with van der Waals surface area (Å²) in [6.45, 7) is 1.94. The highest BCUT2D eigenvalue weighted by Crippen LogP contribution is 2.20. The Morgan fingerprint density at radius 3 is 2.72 bits per heavy atom. The van der Waals surface area contributed by atoms with Crippen LogP contribution in [0.4, 0.5) is 5.69 Å². The van der Waals surface area contributed by atoms with Crippen molar-refractivity contribution in [2.45, 2.75) is 6.92 Å². The number of esters is 1. The Labute approximate surface area is 143 Å². The Hall–Kier alpha value is -3.54. The van der Waals surface area contributed by atoms with Crippen LogP contribution in [0.25, 0.3) is 6.08 Å². The van der Waals surface area contributed by atoms with E-state index in [2.05, 4.69) is 4.99 Å². The molecule has 0 fully saturated rings. The molecule has 124 valence electrons. The summed E-state index contributed by atoms with van der Waals surface area (Å²) >= 11 is 0. The van der Waals surface area contributed by atoms with E-state index in [4.69, 9.17) is 4.74 Å². The van der Waals surface area contributed by atoms with Crippen molar-refractivity contribution in [2.75, 3.05) is 0 Å². The highest BCUT2D eigenvalue weighted by Gasteiger charge is 2.23. The number of carbonyl (C=O) groups excluding carboxylic acids is 1. The minimum absolute atomic E-state index is 0.00454. The van der Waals surface area contributed by atoms with Crippen LogP contribution in [0.2, 0.25) is 0 Å². The maximum absolute atomic E-state index is 11.9. The van der Waals surface area contributed by atoms with Gasteiger partial charge in [-0.05, 0) is 37.3 Å². The van der Waals surface area contributed by atoms with Gasteiger partial charge in [-0.25, -0.2) is 9.79 Å². The molecule has 0 N–H and O–H groups in total. The number of benzene rings is 2. The number of nitro benzene ring substituents is 1. The lowest BCUT2D eigenvalue weighted by molar-refractivity contribution is -0.385. The lowest BCUT2D eigenvalue weighted by atomic mass is 10.1. The van der Waals surface area contributed by atoms with Gasteiger partial charge in [-0.1, -0.05) is 35.9 Å². The first-order valence-electron chi connectivity index (χ1n) is 7.54. The zero-order valence-electron chi connectivity index (χ0n) is 13.4. The first-order valence-corrected chi connectivity index (χ1v) is 7.54. The Morgan fingerprint density at radius 2 is 1.96 bits per heavy atom. The summed E-state index contributed by atoms with van der Waals surface area (Å²) in [7, 11) is 0. The number of rotatable bonds is 4. The molecule has 6 nitrogen and oxygen atoms in total. The number of hydrogen-bond donors (Lipinski definition) is 0. The van der Waals surface area contributed by atoms with Gasteiger partial charge in [-0.3, -0.25) is 10.1 Å². The molecule has 0 amide bonds. The molecule has 6 heteroatoms. The summed E-state index contributed by atoms with van der Waals surface area (Å²) in [6, 6.07) is 13.8. The van der Waals surface area contributed by atoms with Crippen molar-refractivity contribution in [2.24, 2.45) is 4.99 Å². The van der Waals surface area contributed by atoms with E-state index in [9.17, 15) is 14.9 Å². The monoisotopic (exact) mass is 334 g/mol. The molecule has 1 aliphatic heterocycles. The Morgan fingerprint density at radius 1 is 1.16 bits per heavy atom. The summed E-state index contributed by atoms with van der Waals surface area (Å²) < 4.78 is 5.18. The van der Waals surface area contributed by atoms with Gasteiger partial charge in [0.2, 0.25) is 5.90 Å². The molecule has 0 atom stereocenters. The smallest absolute Gasteiger partial charge is 0.363 e. The zero-order chi connectivity index (χ0) is 17.8. The SMILES string of the molecule is Cc1cccc(C2=N/C(=C\C=C\c3ccccc3[N+](=O)[O-])C(=O)O2)c1. The van der Waals surface area contributed by atoms with E-state index in [1.165, 1.54) is 12.1 Å². The molecule has 1 heterocycles. The van der Waals surface area contributed by atoms with E-state index in [0.717, 1.165) is 11.1 Å². The predicted molar refractivity (Wildman–Crippen MR) is 94.0 cm³/mol. The third-order valence-electron chi connectivity index (χ3n) is 3.55. The molecule has 0 saturated heterocycles. The first-order chi connectivity index (χ1) is 12.0. The Bertz CT molecular complexity index is 942. The summed E-state index contributed by atoms with van der Waals surface area (Å²) in [5.74, 6) is -0.303. The fraction of sp³-hybridized carbons (Fsp3) is 0.0526. The second-order valence-corrected chi connectivity index (χ2v) is 5.40. The van der Waals surface area contributed by atoms with Gasteiger partial charge in [0.15, 0.2) is 5.70 Å². The highest BCUT2D eigenvalue weighted by atomic mass is 16.6. The summed E-state index contributed by atoms with van der Waals surface area (Å²) in [5, 5.41) is 11.0. The van der Waals surface area contributed by atoms with Crippen molar-refractivity contribution >= 4 is 23.6 Å². The molecule has 1 aliphatic rings. The lowest BCUT2D eigenvalue weighted by Crippen LogP contribution is -2.05. The number of aliphatic imine (C=N–C) groups is 1. The van der Waals surface area contributed by atoms with Gasteiger partial charge >= 0.3 is 5.97 Å². The minimum atomic E-state index is -0.552. The molecule has 0 spiro atoms. The largest absolute Gasteiger partial charge is 0.402 e. The van der Waals surface area contributed by atoms with E-state index >= 15 is 0 Å². The number of aryl methyl sites for hydroxylation is 1. The predicted octanol–water partition coefficient (Wildman–Crippen LogP) is 3.80. The van der Waals surface area contributed by atoms with E-state index in [0.29, 0.717) is 5.56 Å². The van der Waals surface area contributed by atoms with Crippen LogP contribution in [0.1, 0.15) is 16.7 Å². The van der Waals surface area contributed by atoms with Gasteiger partial charge in [0.25, 0.3) is 5.69 Å². The summed E-state index contributed by atoms with van der Waals surface area (Å²) in [6.07, 6.45) is 4.57. The van der Waals surface area contributed by atoms with Crippen LogP contribution in [-0.4, -0.2) is 16.8 Å². The second kappa shape index (κ2) is 6.92. The van der Waals surface area contributed by atoms with Gasteiger partial charge in [-0.15, -0.1) is 0 Å². The molecule has 0 radical (unpaired) electrons. The Balaban J connectivity index is 1.84. The van der Waals surface area contributed by atoms with E-state index < -0.39 is 10.9 Å². The molecule has 0 aliphatic carbocycles. The highest BCUT2D eigenvalue weighted by molar-refractivity contribution is 6.11. The summed E-state index contributed by atoms with van der Waals surface area (Å²) in [4.78, 5) is 26.6. The standard InChI is InChI=1S/C19H14N2O4/c1-13-6-4-9-15(12-13)18-20-16(19(22)25-18)10-5-8-14-7-2-3-11-17(14)21(23)24/h2-12H,1H3/b8-5+,16-10-. The van der Waals surface area contributed by atoms with Gasteiger partial charge < -0.3 is 4.74 Å². The van der Waals surface area contributed by atoms with Crippen molar-refractivity contribution in [3.8, 4) is 0 Å². The molecule has 3 rings (SSSR count). The number of allylic oxidation sites excluding steroid dienone is 2. The average molecular weight is 334 g/mol. The minimum Gasteiger partial charge on any atom is -0.402 e. The van der Waals surface area contributed by atoms with Crippen LogP contribution in [0.3, 0.4) is 0 Å². The molecule has 2 aromatic rings. The molecule has 25 heavy (non-hydrogen) atoms. The Kier molecular flexibility index (Phi) is 4.52. The van der Waals surface area contributed by atoms with Gasteiger partial charge in [0, 0.05) is 11.6 Å². The zero-order valence-corrected chi connectivity index (χ0v) is 13.4. The number of ether oxygens (including phenoxy) is 1. The van der Waals surface area contributed by atoms with Gasteiger partial charge in [0.1, 0.15) is 0 Å². The van der Waals surface area contributed by atoms with Crippen molar-refractivity contribution in [3.05, 3.63) is 93.2 Å². The van der Waals surface area contributed by atoms with Crippen LogP contribution >= 0.6 is 0 Å². The maximum atomic E-state index is 11.9. The fourth-order valence-corrected chi connectivity index (χ4v) is 2.36.